The Hall–Kier alpha value is -0.130. The Morgan fingerprint density at radius 2 is 2.00 bits per heavy atom. The molecule has 0 spiro atoms. The van der Waals surface area contributed by atoms with Crippen LogP contribution in [0.15, 0.2) is 29.2 Å². The summed E-state index contributed by atoms with van der Waals surface area (Å²) in [6, 6.07) is 7.40. The summed E-state index contributed by atoms with van der Waals surface area (Å²) in [5.74, 6) is -0.319. The molecule has 2 atom stereocenters. The van der Waals surface area contributed by atoms with E-state index in [1.54, 1.807) is 13.0 Å². The second kappa shape index (κ2) is 3.96. The molecule has 0 aliphatic carbocycles. The molecule has 1 aliphatic rings. The average Bonchev–Trinajstić information content (AvgIpc) is 2.22. The van der Waals surface area contributed by atoms with E-state index in [4.69, 9.17) is 4.74 Å². The number of thiol groups is 1. The van der Waals surface area contributed by atoms with Gasteiger partial charge in [0.2, 0.25) is 0 Å². The molecule has 2 rings (SSSR count). The molecule has 1 heterocycles. The molecule has 0 radical (unpaired) electrons. The molecule has 1 aliphatic heterocycles. The van der Waals surface area contributed by atoms with Gasteiger partial charge in [-0.2, -0.15) is 12.6 Å². The molecule has 0 saturated carbocycles. The molecule has 2 unspecified atom stereocenters. The standard InChI is InChI=1S/C11H11BrO2S2/c1-10(12)11(2,15)16-8-6-4-3-5-7(8)9(13)14-10/h3-6,15H,1-2H3. The Labute approximate surface area is 113 Å². The third-order valence-electron chi connectivity index (χ3n) is 2.53. The number of benzene rings is 1. The fourth-order valence-corrected chi connectivity index (χ4v) is 3.14. The average molecular weight is 319 g/mol. The van der Waals surface area contributed by atoms with Gasteiger partial charge in [0.15, 0.2) is 4.51 Å². The Morgan fingerprint density at radius 1 is 1.38 bits per heavy atom. The van der Waals surface area contributed by atoms with Crippen molar-refractivity contribution in [2.75, 3.05) is 0 Å². The Kier molecular flexibility index (Phi) is 3.05. The van der Waals surface area contributed by atoms with E-state index in [-0.39, 0.29) is 5.97 Å². The number of hydrogen-bond acceptors (Lipinski definition) is 4. The molecule has 0 saturated heterocycles. The van der Waals surface area contributed by atoms with Crippen molar-refractivity contribution >= 4 is 46.3 Å². The number of ether oxygens (including phenoxy) is 1. The van der Waals surface area contributed by atoms with Gasteiger partial charge in [-0.25, -0.2) is 4.79 Å². The molecule has 5 heteroatoms. The maximum atomic E-state index is 11.9. The second-order valence-electron chi connectivity index (χ2n) is 3.89. The summed E-state index contributed by atoms with van der Waals surface area (Å²) in [6.07, 6.45) is 0. The van der Waals surface area contributed by atoms with Crippen LogP contribution in [0.4, 0.5) is 0 Å². The van der Waals surface area contributed by atoms with Crippen LogP contribution in [0.3, 0.4) is 0 Å². The molecule has 0 aromatic heterocycles. The third-order valence-corrected chi connectivity index (χ3v) is 6.12. The number of thioether (sulfide) groups is 1. The minimum atomic E-state index is -0.802. The van der Waals surface area contributed by atoms with Crippen LogP contribution < -0.4 is 0 Å². The van der Waals surface area contributed by atoms with E-state index in [9.17, 15) is 4.79 Å². The summed E-state index contributed by atoms with van der Waals surface area (Å²) in [6.45, 7) is 3.72. The van der Waals surface area contributed by atoms with Crippen molar-refractivity contribution in [3.63, 3.8) is 0 Å². The van der Waals surface area contributed by atoms with Crippen LogP contribution >= 0.6 is 40.3 Å². The summed E-state index contributed by atoms with van der Waals surface area (Å²) in [4.78, 5) is 12.8. The minimum Gasteiger partial charge on any atom is -0.442 e. The number of alkyl halides is 1. The fourth-order valence-electron chi connectivity index (χ4n) is 1.35. The van der Waals surface area contributed by atoms with Crippen molar-refractivity contribution in [1.29, 1.82) is 0 Å². The molecule has 1 aromatic rings. The zero-order valence-corrected chi connectivity index (χ0v) is 12.2. The zero-order valence-electron chi connectivity index (χ0n) is 8.86. The maximum Gasteiger partial charge on any atom is 0.340 e. The van der Waals surface area contributed by atoms with Gasteiger partial charge in [-0.1, -0.05) is 12.1 Å². The van der Waals surface area contributed by atoms with Gasteiger partial charge in [-0.3, -0.25) is 0 Å². The predicted molar refractivity (Wildman–Crippen MR) is 72.4 cm³/mol. The smallest absolute Gasteiger partial charge is 0.340 e. The number of esters is 1. The molecule has 0 amide bonds. The highest BCUT2D eigenvalue weighted by molar-refractivity contribution is 9.10. The summed E-state index contributed by atoms with van der Waals surface area (Å²) >= 11 is 9.51. The number of cyclic esters (lactones) is 1. The second-order valence-corrected chi connectivity index (χ2v) is 8.06. The van der Waals surface area contributed by atoms with Crippen LogP contribution in [0.2, 0.25) is 0 Å². The SMILES string of the molecule is CC1(Br)OC(=O)c2ccccc2SC1(C)S. The lowest BCUT2D eigenvalue weighted by atomic mass is 10.2. The summed E-state index contributed by atoms with van der Waals surface area (Å²) in [7, 11) is 0. The number of rotatable bonds is 0. The van der Waals surface area contributed by atoms with E-state index in [0.29, 0.717) is 5.56 Å². The molecule has 0 N–H and O–H groups in total. The first-order chi connectivity index (χ1) is 7.33. The first-order valence-electron chi connectivity index (χ1n) is 4.76. The normalized spacial score (nSPS) is 33.9. The highest BCUT2D eigenvalue weighted by atomic mass is 79.9. The van der Waals surface area contributed by atoms with E-state index >= 15 is 0 Å². The van der Waals surface area contributed by atoms with Crippen molar-refractivity contribution in [3.05, 3.63) is 29.8 Å². The number of carbonyl (C=O) groups excluding carboxylic acids is 1. The molecule has 2 nitrogen and oxygen atoms in total. The highest BCUT2D eigenvalue weighted by Crippen LogP contribution is 2.51. The molecule has 0 bridgehead atoms. The Bertz CT molecular complexity index is 443. The molecular weight excluding hydrogens is 308 g/mol. The van der Waals surface area contributed by atoms with E-state index < -0.39 is 8.59 Å². The molecule has 0 fully saturated rings. The number of fused-ring (bicyclic) bond motifs is 1. The van der Waals surface area contributed by atoms with Crippen molar-refractivity contribution in [2.24, 2.45) is 0 Å². The Balaban J connectivity index is 2.54. The van der Waals surface area contributed by atoms with Gasteiger partial charge in [0, 0.05) is 4.90 Å². The fraction of sp³-hybridized carbons (Fsp3) is 0.364. The molecule has 1 aromatic carbocycles. The van der Waals surface area contributed by atoms with Crippen LogP contribution in [0.5, 0.6) is 0 Å². The van der Waals surface area contributed by atoms with Crippen molar-refractivity contribution < 1.29 is 9.53 Å². The number of halogens is 1. The summed E-state index contributed by atoms with van der Waals surface area (Å²) in [5.41, 5.74) is 0.593. The quantitative estimate of drug-likeness (QED) is 0.449. The largest absolute Gasteiger partial charge is 0.442 e. The molecule has 16 heavy (non-hydrogen) atoms. The first-order valence-corrected chi connectivity index (χ1v) is 6.82. The van der Waals surface area contributed by atoms with E-state index in [1.807, 2.05) is 25.1 Å². The van der Waals surface area contributed by atoms with Crippen LogP contribution in [-0.4, -0.2) is 14.6 Å². The van der Waals surface area contributed by atoms with Crippen molar-refractivity contribution in [1.82, 2.24) is 0 Å². The van der Waals surface area contributed by atoms with Gasteiger partial charge in [0.1, 0.15) is 4.08 Å². The van der Waals surface area contributed by atoms with Crippen molar-refractivity contribution in [2.45, 2.75) is 27.3 Å². The monoisotopic (exact) mass is 318 g/mol. The lowest BCUT2D eigenvalue weighted by Crippen LogP contribution is -2.40. The number of hydrogen-bond donors (Lipinski definition) is 1. The molecular formula is C11H11BrO2S2. The van der Waals surface area contributed by atoms with Crippen LogP contribution in [0.1, 0.15) is 24.2 Å². The summed E-state index contributed by atoms with van der Waals surface area (Å²) in [5, 5.41) is 0. The van der Waals surface area contributed by atoms with Crippen LogP contribution in [0, 0.1) is 0 Å². The van der Waals surface area contributed by atoms with Gasteiger partial charge in [-0.05, 0) is 41.9 Å². The van der Waals surface area contributed by atoms with Crippen LogP contribution in [0.25, 0.3) is 0 Å². The Morgan fingerprint density at radius 3 is 2.69 bits per heavy atom. The number of carbonyl (C=O) groups is 1. The third kappa shape index (κ3) is 2.00. The molecule has 86 valence electrons. The zero-order chi connectivity index (χ0) is 12.0. The van der Waals surface area contributed by atoms with Crippen molar-refractivity contribution in [3.8, 4) is 0 Å². The minimum absolute atomic E-state index is 0.319. The van der Waals surface area contributed by atoms with Gasteiger partial charge in [0.25, 0.3) is 0 Å². The van der Waals surface area contributed by atoms with Gasteiger partial charge in [0.05, 0.1) is 5.56 Å². The maximum absolute atomic E-state index is 11.9. The van der Waals surface area contributed by atoms with E-state index in [1.165, 1.54) is 11.8 Å². The van der Waals surface area contributed by atoms with E-state index in [2.05, 4.69) is 28.6 Å². The topological polar surface area (TPSA) is 26.3 Å². The summed E-state index contributed by atoms with van der Waals surface area (Å²) < 4.78 is 4.09. The highest BCUT2D eigenvalue weighted by Gasteiger charge is 2.47. The lowest BCUT2D eigenvalue weighted by Gasteiger charge is -2.35. The van der Waals surface area contributed by atoms with Crippen LogP contribution in [-0.2, 0) is 4.74 Å². The first kappa shape index (κ1) is 12.3. The van der Waals surface area contributed by atoms with Gasteiger partial charge < -0.3 is 4.74 Å². The van der Waals surface area contributed by atoms with E-state index in [0.717, 1.165) is 4.90 Å². The van der Waals surface area contributed by atoms with Gasteiger partial charge >= 0.3 is 5.97 Å². The lowest BCUT2D eigenvalue weighted by molar-refractivity contribution is 0.0259. The van der Waals surface area contributed by atoms with Gasteiger partial charge in [-0.15, -0.1) is 11.8 Å². The predicted octanol–water partition coefficient (Wildman–Crippen LogP) is 3.71.